The second-order valence-corrected chi connectivity index (χ2v) is 7.76. The van der Waals surface area contributed by atoms with Crippen molar-refractivity contribution in [2.75, 3.05) is 32.7 Å². The van der Waals surface area contributed by atoms with E-state index in [1.54, 1.807) is 0 Å². The summed E-state index contributed by atoms with van der Waals surface area (Å²) in [6.07, 6.45) is 7.12. The van der Waals surface area contributed by atoms with E-state index in [1.807, 2.05) is 0 Å². The Morgan fingerprint density at radius 2 is 1.45 bits per heavy atom. The molecule has 2 bridgehead atoms. The first-order valence-electron chi connectivity index (χ1n) is 9.28. The molecule has 0 saturated carbocycles. The summed E-state index contributed by atoms with van der Waals surface area (Å²) in [6, 6.07) is 2.20. The molecule has 0 amide bonds. The first kappa shape index (κ1) is 19.9. The molecule has 3 nitrogen and oxygen atoms in total. The maximum Gasteiger partial charge on any atom is 0.0226 e. The van der Waals surface area contributed by atoms with Crippen molar-refractivity contribution >= 4 is 0 Å². The number of nitrogens with zero attached hydrogens (tertiary/aromatic N) is 2. The molecule has 0 radical (unpaired) electrons. The van der Waals surface area contributed by atoms with E-state index >= 15 is 0 Å². The van der Waals surface area contributed by atoms with Gasteiger partial charge in [-0.25, -0.2) is 0 Å². The van der Waals surface area contributed by atoms with Gasteiger partial charge in [-0.3, -0.25) is 0 Å². The van der Waals surface area contributed by atoms with Gasteiger partial charge in [0.2, 0.25) is 0 Å². The lowest BCUT2D eigenvalue weighted by Crippen LogP contribution is -2.57. The number of likely N-dealkylation sites (tertiary alicyclic amines) is 1. The van der Waals surface area contributed by atoms with Crippen LogP contribution in [0.5, 0.6) is 0 Å². The van der Waals surface area contributed by atoms with Gasteiger partial charge in [0.25, 0.3) is 0 Å². The normalized spacial score (nSPS) is 31.6. The molecule has 4 aliphatic heterocycles. The number of rotatable bonds is 3. The van der Waals surface area contributed by atoms with E-state index in [4.69, 9.17) is 0 Å². The molecule has 0 aromatic rings. The Morgan fingerprint density at radius 3 is 1.82 bits per heavy atom. The highest BCUT2D eigenvalue weighted by atomic mass is 15.2. The van der Waals surface area contributed by atoms with Crippen LogP contribution in [0.4, 0.5) is 0 Å². The van der Waals surface area contributed by atoms with E-state index in [-0.39, 0.29) is 7.43 Å². The lowest BCUT2D eigenvalue weighted by Gasteiger charge is -2.45. The van der Waals surface area contributed by atoms with Gasteiger partial charge in [0.1, 0.15) is 0 Å². The zero-order chi connectivity index (χ0) is 15.2. The third-order valence-electron chi connectivity index (χ3n) is 5.32. The van der Waals surface area contributed by atoms with Crippen molar-refractivity contribution in [3.05, 3.63) is 0 Å². The zero-order valence-electron chi connectivity index (χ0n) is 14.8. The fourth-order valence-electron chi connectivity index (χ4n) is 4.02. The van der Waals surface area contributed by atoms with E-state index < -0.39 is 0 Å². The molecule has 1 atom stereocenters. The second-order valence-electron chi connectivity index (χ2n) is 7.76. The minimum absolute atomic E-state index is 0. The van der Waals surface area contributed by atoms with Gasteiger partial charge in [0.05, 0.1) is 0 Å². The summed E-state index contributed by atoms with van der Waals surface area (Å²) in [5, 5.41) is 3.67. The van der Waals surface area contributed by atoms with Crippen LogP contribution in [0.25, 0.3) is 0 Å². The summed E-state index contributed by atoms with van der Waals surface area (Å²) in [7, 11) is 0. The Bertz CT molecular complexity index is 274. The van der Waals surface area contributed by atoms with Gasteiger partial charge in [0, 0.05) is 24.7 Å². The molecule has 0 aromatic carbocycles. The van der Waals surface area contributed by atoms with E-state index in [1.165, 1.54) is 64.8 Å². The molecule has 3 heteroatoms. The molecule has 4 heterocycles. The fraction of sp³-hybridized carbons (Fsp3) is 1.00. The van der Waals surface area contributed by atoms with Crippen LogP contribution in [0.15, 0.2) is 0 Å². The standard InChI is InChI=1S/C10H20N2.C8H17N.CH4/c1-8(2)11-10-7-12-5-3-9(10)4-6-12;1-8(2)9-6-4-3-5-7-9;/h8-11H,3-7H2,1-2H3;8H,3-7H2,1-2H3;1H4. The predicted molar refractivity (Wildman–Crippen MR) is 98.5 cm³/mol. The first-order chi connectivity index (χ1) is 10.1. The molecule has 1 N–H and O–H groups in total. The maximum atomic E-state index is 3.67. The Balaban J connectivity index is 0.000000219. The number of nitrogens with one attached hydrogen (secondary N) is 1. The topological polar surface area (TPSA) is 18.5 Å². The van der Waals surface area contributed by atoms with E-state index in [0.717, 1.165) is 18.0 Å². The number of fused-ring (bicyclic) bond motifs is 3. The Hall–Kier alpha value is -0.120. The molecule has 0 aliphatic carbocycles. The minimum Gasteiger partial charge on any atom is -0.310 e. The SMILES string of the molecule is C.CC(C)N1CCCCC1.CC(C)NC1CN2CCC1CC2. The van der Waals surface area contributed by atoms with Crippen molar-refractivity contribution in [1.29, 1.82) is 0 Å². The van der Waals surface area contributed by atoms with Crippen molar-refractivity contribution in [3.8, 4) is 0 Å². The summed E-state index contributed by atoms with van der Waals surface area (Å²) >= 11 is 0. The van der Waals surface area contributed by atoms with Crippen LogP contribution in [0, 0.1) is 5.92 Å². The molecule has 22 heavy (non-hydrogen) atoms. The summed E-state index contributed by atoms with van der Waals surface area (Å²) in [5.74, 6) is 0.970. The van der Waals surface area contributed by atoms with Crippen LogP contribution in [0.3, 0.4) is 0 Å². The Labute approximate surface area is 139 Å². The van der Waals surface area contributed by atoms with Crippen molar-refractivity contribution in [2.24, 2.45) is 5.92 Å². The summed E-state index contributed by atoms with van der Waals surface area (Å²) in [6.45, 7) is 15.7. The van der Waals surface area contributed by atoms with Crippen LogP contribution in [0.2, 0.25) is 0 Å². The van der Waals surface area contributed by atoms with Crippen molar-refractivity contribution in [1.82, 2.24) is 15.1 Å². The predicted octanol–water partition coefficient (Wildman–Crippen LogP) is 3.60. The Morgan fingerprint density at radius 1 is 0.864 bits per heavy atom. The molecule has 4 fully saturated rings. The minimum atomic E-state index is 0. The average Bonchev–Trinajstić information content (AvgIpc) is 2.49. The van der Waals surface area contributed by atoms with Gasteiger partial charge in [-0.1, -0.05) is 27.7 Å². The average molecular weight is 312 g/mol. The largest absolute Gasteiger partial charge is 0.310 e. The quantitative estimate of drug-likeness (QED) is 0.859. The fourth-order valence-corrected chi connectivity index (χ4v) is 4.02. The maximum absolute atomic E-state index is 3.67. The van der Waals surface area contributed by atoms with Crippen LogP contribution < -0.4 is 5.32 Å². The second kappa shape index (κ2) is 9.89. The monoisotopic (exact) mass is 311 g/mol. The van der Waals surface area contributed by atoms with Gasteiger partial charge in [-0.15, -0.1) is 0 Å². The van der Waals surface area contributed by atoms with Crippen molar-refractivity contribution in [2.45, 2.75) is 85.4 Å². The molecular formula is C19H41N3. The Kier molecular flexibility index (Phi) is 8.96. The van der Waals surface area contributed by atoms with E-state index in [0.29, 0.717) is 6.04 Å². The molecule has 0 spiro atoms. The van der Waals surface area contributed by atoms with Crippen LogP contribution in [-0.4, -0.2) is 60.6 Å². The molecule has 4 aliphatic rings. The van der Waals surface area contributed by atoms with Crippen molar-refractivity contribution in [3.63, 3.8) is 0 Å². The van der Waals surface area contributed by atoms with Gasteiger partial charge in [-0.2, -0.15) is 0 Å². The number of hydrogen-bond acceptors (Lipinski definition) is 3. The van der Waals surface area contributed by atoms with Crippen LogP contribution in [0.1, 0.15) is 67.2 Å². The third kappa shape index (κ3) is 6.17. The highest BCUT2D eigenvalue weighted by Crippen LogP contribution is 2.27. The summed E-state index contributed by atoms with van der Waals surface area (Å²) < 4.78 is 0. The van der Waals surface area contributed by atoms with E-state index in [2.05, 4.69) is 42.8 Å². The van der Waals surface area contributed by atoms with Gasteiger partial charge < -0.3 is 15.1 Å². The smallest absolute Gasteiger partial charge is 0.0226 e. The zero-order valence-corrected chi connectivity index (χ0v) is 14.8. The third-order valence-corrected chi connectivity index (χ3v) is 5.32. The van der Waals surface area contributed by atoms with Gasteiger partial charge in [0.15, 0.2) is 0 Å². The molecule has 1 unspecified atom stereocenters. The van der Waals surface area contributed by atoms with E-state index in [9.17, 15) is 0 Å². The van der Waals surface area contributed by atoms with Crippen LogP contribution in [-0.2, 0) is 0 Å². The molecular weight excluding hydrogens is 270 g/mol. The molecule has 0 aromatic heterocycles. The summed E-state index contributed by atoms with van der Waals surface area (Å²) in [4.78, 5) is 5.16. The van der Waals surface area contributed by atoms with Crippen LogP contribution >= 0.6 is 0 Å². The number of hydrogen-bond donors (Lipinski definition) is 1. The molecule has 4 saturated heterocycles. The van der Waals surface area contributed by atoms with Gasteiger partial charge >= 0.3 is 0 Å². The van der Waals surface area contributed by atoms with Gasteiger partial charge in [-0.05, 0) is 71.6 Å². The summed E-state index contributed by atoms with van der Waals surface area (Å²) in [5.41, 5.74) is 0. The number of piperidine rings is 4. The van der Waals surface area contributed by atoms with Crippen molar-refractivity contribution < 1.29 is 0 Å². The first-order valence-corrected chi connectivity index (χ1v) is 9.28. The molecule has 4 rings (SSSR count). The highest BCUT2D eigenvalue weighted by Gasteiger charge is 2.33. The lowest BCUT2D eigenvalue weighted by atomic mass is 9.84. The highest BCUT2D eigenvalue weighted by molar-refractivity contribution is 4.91. The lowest BCUT2D eigenvalue weighted by molar-refractivity contribution is 0.0691. The molecule has 132 valence electrons.